The number of primary amides is 1. The zero-order valence-corrected chi connectivity index (χ0v) is 9.30. The van der Waals surface area contributed by atoms with Crippen LogP contribution in [0.25, 0.3) is 0 Å². The number of nitrogens with two attached hydrogens (primary N) is 1. The van der Waals surface area contributed by atoms with Gasteiger partial charge >= 0.3 is 0 Å². The lowest BCUT2D eigenvalue weighted by Crippen LogP contribution is -2.69. The van der Waals surface area contributed by atoms with Gasteiger partial charge in [0.1, 0.15) is 30.5 Å². The molecule has 8 N–H and O–H groups in total. The topological polar surface area (TPSA) is 174 Å². The predicted octanol–water partition coefficient (Wildman–Crippen LogP) is -4.96. The summed E-state index contributed by atoms with van der Waals surface area (Å²) >= 11 is 0. The minimum Gasteiger partial charge on any atom is -0.394 e. The molecule has 0 spiro atoms. The standard InChI is InChI=1S/C9H17NO8/c10-8(16)9(17,2-12)7-6(15)5(14)4(13)3(1-11)18-7/h3-7,11-15,17H,1-2H2,(H2,10,16)/t3-,4-,5+,6+,7+,9?/m1/s1/i7D. The maximum absolute atomic E-state index is 11.2. The van der Waals surface area contributed by atoms with Gasteiger partial charge in [-0.05, 0) is 0 Å². The van der Waals surface area contributed by atoms with Gasteiger partial charge in [-0.1, -0.05) is 0 Å². The van der Waals surface area contributed by atoms with Crippen molar-refractivity contribution >= 4 is 5.91 Å². The lowest BCUT2D eigenvalue weighted by atomic mass is 9.85. The second-order valence-electron chi connectivity index (χ2n) is 4.01. The van der Waals surface area contributed by atoms with Gasteiger partial charge in [0.2, 0.25) is 0 Å². The Kier molecular flexibility index (Phi) is 4.12. The lowest BCUT2D eigenvalue weighted by molar-refractivity contribution is -0.269. The maximum Gasteiger partial charge on any atom is 0.254 e. The molecule has 18 heavy (non-hydrogen) atoms. The number of rotatable bonds is 4. The van der Waals surface area contributed by atoms with E-state index in [1.54, 1.807) is 0 Å². The van der Waals surface area contributed by atoms with E-state index in [9.17, 15) is 25.2 Å². The fourth-order valence-electron chi connectivity index (χ4n) is 1.63. The van der Waals surface area contributed by atoms with Crippen molar-refractivity contribution in [3.8, 4) is 0 Å². The minimum atomic E-state index is -3.03. The van der Waals surface area contributed by atoms with Gasteiger partial charge in [-0.15, -0.1) is 0 Å². The Labute approximate surface area is 103 Å². The first-order chi connectivity index (χ1) is 8.65. The van der Waals surface area contributed by atoms with Crippen LogP contribution in [0.3, 0.4) is 0 Å². The van der Waals surface area contributed by atoms with E-state index in [4.69, 9.17) is 22.1 Å². The smallest absolute Gasteiger partial charge is 0.254 e. The summed E-state index contributed by atoms with van der Waals surface area (Å²) in [6, 6.07) is 0. The number of carbonyl (C=O) groups excluding carboxylic acids is 1. The largest absolute Gasteiger partial charge is 0.394 e. The van der Waals surface area contributed by atoms with E-state index in [1.165, 1.54) is 0 Å². The van der Waals surface area contributed by atoms with Crippen molar-refractivity contribution in [2.24, 2.45) is 5.73 Å². The summed E-state index contributed by atoms with van der Waals surface area (Å²) in [4.78, 5) is 11.2. The van der Waals surface area contributed by atoms with Crippen LogP contribution in [0.15, 0.2) is 0 Å². The summed E-state index contributed by atoms with van der Waals surface area (Å²) in [5.74, 6) is -1.57. The van der Waals surface area contributed by atoms with Gasteiger partial charge in [0.15, 0.2) is 5.60 Å². The number of hydrogen-bond acceptors (Lipinski definition) is 8. The van der Waals surface area contributed by atoms with Gasteiger partial charge in [0.25, 0.3) is 5.91 Å². The number of aliphatic hydroxyl groups excluding tert-OH is 5. The van der Waals surface area contributed by atoms with Gasteiger partial charge in [-0.3, -0.25) is 4.79 Å². The molecule has 9 nitrogen and oxygen atoms in total. The molecule has 0 radical (unpaired) electrons. The van der Waals surface area contributed by atoms with E-state index in [2.05, 4.69) is 0 Å². The molecule has 0 aromatic rings. The summed E-state index contributed by atoms with van der Waals surface area (Å²) in [5, 5.41) is 56.6. The summed E-state index contributed by atoms with van der Waals surface area (Å²) < 4.78 is 12.6. The van der Waals surface area contributed by atoms with Crippen molar-refractivity contribution in [2.45, 2.75) is 36.1 Å². The van der Waals surface area contributed by atoms with Crippen LogP contribution < -0.4 is 5.73 Å². The number of hydrogen-bond donors (Lipinski definition) is 7. The quantitative estimate of drug-likeness (QED) is 0.265. The van der Waals surface area contributed by atoms with Crippen LogP contribution in [0.4, 0.5) is 0 Å². The molecule has 1 amide bonds. The molecule has 9 heteroatoms. The highest BCUT2D eigenvalue weighted by Crippen LogP contribution is 2.28. The molecule has 0 aliphatic carbocycles. The summed E-state index contributed by atoms with van der Waals surface area (Å²) in [5.41, 5.74) is 1.83. The lowest BCUT2D eigenvalue weighted by Gasteiger charge is -2.44. The van der Waals surface area contributed by atoms with Gasteiger partial charge in [-0.25, -0.2) is 0 Å². The molecule has 0 aromatic heterocycles. The Hall–Kier alpha value is -0.810. The third-order valence-electron chi connectivity index (χ3n) is 2.83. The fraction of sp³-hybridized carbons (Fsp3) is 0.889. The molecule has 0 bridgehead atoms. The molecular weight excluding hydrogens is 250 g/mol. The van der Waals surface area contributed by atoms with Crippen LogP contribution >= 0.6 is 0 Å². The molecule has 1 fully saturated rings. The number of carbonyl (C=O) groups is 1. The Morgan fingerprint density at radius 1 is 1.28 bits per heavy atom. The van der Waals surface area contributed by atoms with E-state index >= 15 is 0 Å². The summed E-state index contributed by atoms with van der Waals surface area (Å²) in [6.07, 6.45) is -10.5. The van der Waals surface area contributed by atoms with E-state index < -0.39 is 55.2 Å². The summed E-state index contributed by atoms with van der Waals surface area (Å²) in [6.45, 7) is -2.21. The number of amides is 1. The fourth-order valence-corrected chi connectivity index (χ4v) is 1.63. The van der Waals surface area contributed by atoms with Crippen molar-refractivity contribution in [1.82, 2.24) is 0 Å². The van der Waals surface area contributed by atoms with Gasteiger partial charge in [0, 0.05) is 0 Å². The Balaban J connectivity index is 3.24. The van der Waals surface area contributed by atoms with E-state index in [0.29, 0.717) is 0 Å². The molecule has 1 aliphatic heterocycles. The molecule has 0 saturated carbocycles. The average Bonchev–Trinajstić information content (AvgIpc) is 2.39. The van der Waals surface area contributed by atoms with Crippen LogP contribution in [0.2, 0.25) is 0 Å². The molecule has 0 aromatic carbocycles. The van der Waals surface area contributed by atoms with Crippen LogP contribution in [0, 0.1) is 0 Å². The normalized spacial score (nSPS) is 45.1. The molecule has 1 heterocycles. The van der Waals surface area contributed by atoms with E-state index in [0.717, 1.165) is 0 Å². The van der Waals surface area contributed by atoms with Crippen molar-refractivity contribution < 1.29 is 41.5 Å². The molecular formula is C9H17NO8. The zero-order valence-electron chi connectivity index (χ0n) is 10.3. The molecule has 1 unspecified atom stereocenters. The molecule has 1 rings (SSSR count). The van der Waals surface area contributed by atoms with Crippen LogP contribution in [0.5, 0.6) is 0 Å². The molecule has 106 valence electrons. The Morgan fingerprint density at radius 3 is 2.22 bits per heavy atom. The van der Waals surface area contributed by atoms with E-state index in [-0.39, 0.29) is 0 Å². The highest BCUT2D eigenvalue weighted by molar-refractivity contribution is 5.84. The third kappa shape index (κ3) is 2.34. The Bertz CT molecular complexity index is 355. The van der Waals surface area contributed by atoms with Crippen molar-refractivity contribution in [2.75, 3.05) is 13.2 Å². The average molecular weight is 268 g/mol. The number of ether oxygens (including phenoxy) is 1. The molecule has 6 atom stereocenters. The number of aliphatic hydroxyl groups is 6. The van der Waals surface area contributed by atoms with Crippen LogP contribution in [-0.4, -0.2) is 85.9 Å². The van der Waals surface area contributed by atoms with Crippen molar-refractivity contribution in [1.29, 1.82) is 0 Å². The maximum atomic E-state index is 11.2. The first-order valence-electron chi connectivity index (χ1n) is 5.61. The third-order valence-corrected chi connectivity index (χ3v) is 2.83. The Morgan fingerprint density at radius 2 is 1.83 bits per heavy atom. The van der Waals surface area contributed by atoms with Crippen LogP contribution in [0.1, 0.15) is 1.37 Å². The first kappa shape index (κ1) is 13.6. The molecule has 1 aliphatic rings. The van der Waals surface area contributed by atoms with Crippen molar-refractivity contribution in [3.05, 3.63) is 0 Å². The minimum absolute atomic E-state index is 0.855. The van der Waals surface area contributed by atoms with Crippen molar-refractivity contribution in [3.63, 3.8) is 0 Å². The first-order valence-corrected chi connectivity index (χ1v) is 5.11. The highest BCUT2D eigenvalue weighted by atomic mass is 16.6. The predicted molar refractivity (Wildman–Crippen MR) is 55.0 cm³/mol. The van der Waals surface area contributed by atoms with Gasteiger partial charge < -0.3 is 41.1 Å². The monoisotopic (exact) mass is 268 g/mol. The SMILES string of the molecule is [2H][C@]1(C(O)(CO)C(N)=O)O[C@H](CO)[C@@H](O)[C@H](O)[C@@H]1O. The van der Waals surface area contributed by atoms with Gasteiger partial charge in [0.05, 0.1) is 14.6 Å². The van der Waals surface area contributed by atoms with Gasteiger partial charge in [-0.2, -0.15) is 0 Å². The second kappa shape index (κ2) is 5.45. The van der Waals surface area contributed by atoms with E-state index in [1.807, 2.05) is 0 Å². The van der Waals surface area contributed by atoms with Crippen LogP contribution in [-0.2, 0) is 9.53 Å². The summed E-state index contributed by atoms with van der Waals surface area (Å²) in [7, 11) is 0. The molecule has 1 saturated heterocycles. The highest BCUT2D eigenvalue weighted by Gasteiger charge is 2.54. The zero-order chi connectivity index (χ0) is 15.0. The second-order valence-corrected chi connectivity index (χ2v) is 4.01.